The van der Waals surface area contributed by atoms with Gasteiger partial charge < -0.3 is 4.90 Å². The van der Waals surface area contributed by atoms with Crippen molar-refractivity contribution in [1.29, 1.82) is 0 Å². The summed E-state index contributed by atoms with van der Waals surface area (Å²) < 4.78 is 50.3. The van der Waals surface area contributed by atoms with Crippen LogP contribution in [0.3, 0.4) is 0 Å². The maximum absolute atomic E-state index is 13.6. The Morgan fingerprint density at radius 2 is 1.79 bits per heavy atom. The summed E-state index contributed by atoms with van der Waals surface area (Å²) in [5.41, 5.74) is 0.0941. The summed E-state index contributed by atoms with van der Waals surface area (Å²) in [5, 5.41) is 5.35. The first-order chi connectivity index (χ1) is 13.6. The summed E-state index contributed by atoms with van der Waals surface area (Å²) in [6, 6.07) is 2.87. The second-order valence-corrected chi connectivity index (χ2v) is 11.7. The Morgan fingerprint density at radius 3 is 2.38 bits per heavy atom. The van der Waals surface area contributed by atoms with Crippen LogP contribution < -0.4 is 0 Å². The number of sulfone groups is 1. The molecule has 2 bridgehead atoms. The van der Waals surface area contributed by atoms with E-state index in [4.69, 9.17) is 0 Å². The molecule has 5 aliphatic rings. The van der Waals surface area contributed by atoms with Gasteiger partial charge in [-0.3, -0.25) is 4.79 Å². The smallest absolute Gasteiger partial charge is 0.249 e. The van der Waals surface area contributed by atoms with Crippen LogP contribution >= 0.6 is 0 Å². The zero-order chi connectivity index (χ0) is 20.6. The fraction of sp³-hybridized carbons (Fsp3) is 0.600. The van der Waals surface area contributed by atoms with Gasteiger partial charge in [-0.2, -0.15) is 5.10 Å². The van der Waals surface area contributed by atoms with E-state index in [0.29, 0.717) is 25.1 Å². The normalized spacial score (nSPS) is 33.9. The molecule has 29 heavy (non-hydrogen) atoms. The highest BCUT2D eigenvalue weighted by Gasteiger charge is 2.72. The predicted octanol–water partition coefficient (Wildman–Crippen LogP) is 2.12. The van der Waals surface area contributed by atoms with Crippen LogP contribution in [0, 0.1) is 22.5 Å². The van der Waals surface area contributed by atoms with Crippen LogP contribution in [-0.2, 0) is 14.6 Å². The largest absolute Gasteiger partial charge is 0.300 e. The monoisotopic (exact) mass is 423 g/mol. The highest BCUT2D eigenvalue weighted by Crippen LogP contribution is 2.74. The van der Waals surface area contributed by atoms with Gasteiger partial charge in [0.2, 0.25) is 5.91 Å². The standard InChI is InChI=1S/C20H23F2N3O3S/c1-29(27,28)16-7-24(8-16)12-19-9-20(10-19,11-19)18(26)25-17(2-3-23-25)13-4-14(21)6-15(22)5-13/h3-6,16-17H,2,7-12H2,1H3. The first-order valence-electron chi connectivity index (χ1n) is 9.83. The number of carbonyl (C=O) groups excluding carboxylic acids is 1. The minimum absolute atomic E-state index is 0.0691. The molecule has 1 atom stereocenters. The van der Waals surface area contributed by atoms with Crippen LogP contribution in [0.2, 0.25) is 0 Å². The molecule has 1 saturated heterocycles. The molecule has 6 nitrogen and oxygen atoms in total. The quantitative estimate of drug-likeness (QED) is 0.728. The Balaban J connectivity index is 1.21. The summed E-state index contributed by atoms with van der Waals surface area (Å²) in [5.74, 6) is -1.39. The molecule has 2 aliphatic heterocycles. The Labute approximate surface area is 168 Å². The van der Waals surface area contributed by atoms with Crippen LogP contribution in [0.1, 0.15) is 37.3 Å². The molecule has 9 heteroatoms. The van der Waals surface area contributed by atoms with Gasteiger partial charge in [-0.25, -0.2) is 22.2 Å². The van der Waals surface area contributed by atoms with Crippen molar-refractivity contribution >= 4 is 22.0 Å². The average molecular weight is 423 g/mol. The van der Waals surface area contributed by atoms with Gasteiger partial charge in [0.25, 0.3) is 0 Å². The molecule has 156 valence electrons. The third-order valence-electron chi connectivity index (χ3n) is 6.99. The van der Waals surface area contributed by atoms with Crippen LogP contribution in [0.15, 0.2) is 23.3 Å². The minimum atomic E-state index is -2.98. The van der Waals surface area contributed by atoms with E-state index >= 15 is 0 Å². The fourth-order valence-corrected chi connectivity index (χ4v) is 6.65. The molecule has 3 aliphatic carbocycles. The maximum Gasteiger partial charge on any atom is 0.249 e. The van der Waals surface area contributed by atoms with Gasteiger partial charge in [0.15, 0.2) is 9.84 Å². The fourth-order valence-electron chi connectivity index (χ4n) is 5.69. The zero-order valence-corrected chi connectivity index (χ0v) is 17.0. The molecule has 4 fully saturated rings. The summed E-state index contributed by atoms with van der Waals surface area (Å²) in [6.07, 6.45) is 5.66. The summed E-state index contributed by atoms with van der Waals surface area (Å²) in [4.78, 5) is 15.3. The molecule has 0 N–H and O–H groups in total. The Hall–Kier alpha value is -1.87. The Morgan fingerprint density at radius 1 is 1.17 bits per heavy atom. The third-order valence-corrected chi connectivity index (χ3v) is 8.50. The number of amides is 1. The van der Waals surface area contributed by atoms with Crippen LogP contribution in [-0.4, -0.2) is 61.6 Å². The number of nitrogens with zero attached hydrogens (tertiary/aromatic N) is 3. The maximum atomic E-state index is 13.6. The van der Waals surface area contributed by atoms with Crippen molar-refractivity contribution in [2.24, 2.45) is 15.9 Å². The van der Waals surface area contributed by atoms with Gasteiger partial charge in [0, 0.05) is 44.6 Å². The van der Waals surface area contributed by atoms with Crippen LogP contribution in [0.5, 0.6) is 0 Å². The molecule has 3 saturated carbocycles. The van der Waals surface area contributed by atoms with E-state index in [1.807, 2.05) is 0 Å². The van der Waals surface area contributed by atoms with E-state index in [2.05, 4.69) is 10.0 Å². The third kappa shape index (κ3) is 3.01. The van der Waals surface area contributed by atoms with Crippen molar-refractivity contribution in [1.82, 2.24) is 9.91 Å². The number of hydrogen-bond donors (Lipinski definition) is 0. The highest BCUT2D eigenvalue weighted by molar-refractivity contribution is 7.91. The molecule has 6 rings (SSSR count). The van der Waals surface area contributed by atoms with E-state index in [0.717, 1.165) is 31.9 Å². The van der Waals surface area contributed by atoms with E-state index in [9.17, 15) is 22.0 Å². The second kappa shape index (κ2) is 6.07. The van der Waals surface area contributed by atoms with Crippen molar-refractivity contribution in [3.8, 4) is 0 Å². The molecule has 1 aromatic carbocycles. The molecule has 2 heterocycles. The molecule has 1 amide bonds. The number of rotatable bonds is 5. The first kappa shape index (κ1) is 19.1. The van der Waals surface area contributed by atoms with Crippen molar-refractivity contribution < 1.29 is 22.0 Å². The van der Waals surface area contributed by atoms with E-state index in [1.54, 1.807) is 6.21 Å². The van der Waals surface area contributed by atoms with Crippen molar-refractivity contribution in [2.75, 3.05) is 25.9 Å². The lowest BCUT2D eigenvalue weighted by atomic mass is 9.34. The lowest BCUT2D eigenvalue weighted by molar-refractivity contribution is -0.225. The van der Waals surface area contributed by atoms with E-state index in [-0.39, 0.29) is 16.6 Å². The number of halogens is 2. The Kier molecular flexibility index (Phi) is 4.00. The Bertz CT molecular complexity index is 980. The van der Waals surface area contributed by atoms with Gasteiger partial charge in [-0.05, 0) is 42.4 Å². The van der Waals surface area contributed by atoms with Gasteiger partial charge in [0.05, 0.1) is 16.7 Å². The molecular formula is C20H23F2N3O3S. The number of hydrogen-bond acceptors (Lipinski definition) is 5. The van der Waals surface area contributed by atoms with Crippen molar-refractivity contribution in [3.05, 3.63) is 35.4 Å². The van der Waals surface area contributed by atoms with E-state index < -0.39 is 32.9 Å². The van der Waals surface area contributed by atoms with Crippen LogP contribution in [0.4, 0.5) is 8.78 Å². The van der Waals surface area contributed by atoms with E-state index in [1.165, 1.54) is 23.4 Å². The van der Waals surface area contributed by atoms with Gasteiger partial charge in [0.1, 0.15) is 11.6 Å². The van der Waals surface area contributed by atoms with Crippen molar-refractivity contribution in [3.63, 3.8) is 0 Å². The van der Waals surface area contributed by atoms with Gasteiger partial charge >= 0.3 is 0 Å². The summed E-state index contributed by atoms with van der Waals surface area (Å²) in [7, 11) is -2.98. The molecule has 1 aromatic rings. The lowest BCUT2D eigenvalue weighted by Gasteiger charge is -2.71. The second-order valence-electron chi connectivity index (χ2n) is 9.36. The number of carbonyl (C=O) groups is 1. The van der Waals surface area contributed by atoms with Crippen LogP contribution in [0.25, 0.3) is 0 Å². The minimum Gasteiger partial charge on any atom is -0.300 e. The molecular weight excluding hydrogens is 400 g/mol. The first-order valence-corrected chi connectivity index (χ1v) is 11.8. The molecule has 1 unspecified atom stereocenters. The topological polar surface area (TPSA) is 70.1 Å². The number of hydrazone groups is 1. The number of benzene rings is 1. The van der Waals surface area contributed by atoms with Gasteiger partial charge in [-0.1, -0.05) is 0 Å². The molecule has 0 spiro atoms. The zero-order valence-electron chi connectivity index (χ0n) is 16.1. The van der Waals surface area contributed by atoms with Gasteiger partial charge in [-0.15, -0.1) is 0 Å². The summed E-state index contributed by atoms with van der Waals surface area (Å²) in [6.45, 7) is 1.98. The predicted molar refractivity (Wildman–Crippen MR) is 103 cm³/mol. The molecule has 0 radical (unpaired) electrons. The molecule has 0 aromatic heterocycles. The van der Waals surface area contributed by atoms with Crippen molar-refractivity contribution in [2.45, 2.75) is 37.0 Å². The highest BCUT2D eigenvalue weighted by atomic mass is 32.2. The summed E-state index contributed by atoms with van der Waals surface area (Å²) >= 11 is 0. The lowest BCUT2D eigenvalue weighted by Crippen LogP contribution is -2.72. The SMILES string of the molecule is CS(=O)(=O)C1CN(CC23CC(C(=O)N4N=CCC4c4cc(F)cc(F)c4)(C2)C3)C1. The average Bonchev–Trinajstić information content (AvgIpc) is 2.97. The number of likely N-dealkylation sites (tertiary alicyclic amines) is 1.